The number of aryl methyl sites for hydroxylation is 2. The summed E-state index contributed by atoms with van der Waals surface area (Å²) in [7, 11) is 0. The molecule has 0 aromatic heterocycles. The quantitative estimate of drug-likeness (QED) is 0.114. The highest BCUT2D eigenvalue weighted by Crippen LogP contribution is 2.47. The lowest BCUT2D eigenvalue weighted by Gasteiger charge is -2.30. The van der Waals surface area contributed by atoms with E-state index in [4.69, 9.17) is 0 Å². The molecule has 84 heavy (non-hydrogen) atoms. The van der Waals surface area contributed by atoms with Crippen LogP contribution in [-0.4, -0.2) is 0 Å². The van der Waals surface area contributed by atoms with Crippen LogP contribution in [-0.2, 0) is 0 Å². The summed E-state index contributed by atoms with van der Waals surface area (Å²) in [5.74, 6) is 0. The summed E-state index contributed by atoms with van der Waals surface area (Å²) < 4.78 is 0. The molecule has 0 aliphatic rings. The van der Waals surface area contributed by atoms with Gasteiger partial charge in [-0.05, 0) is 198 Å². The molecule has 0 saturated heterocycles. The summed E-state index contributed by atoms with van der Waals surface area (Å²) in [5, 5.41) is 4.89. The first-order valence-electron chi connectivity index (χ1n) is 29.0. The fourth-order valence-corrected chi connectivity index (χ4v) is 12.2. The second kappa shape index (κ2) is 22.6. The summed E-state index contributed by atoms with van der Waals surface area (Å²) >= 11 is 0. The molecule has 0 amide bonds. The van der Waals surface area contributed by atoms with Gasteiger partial charge in [0.2, 0.25) is 0 Å². The van der Waals surface area contributed by atoms with Gasteiger partial charge in [0, 0.05) is 33.9 Å². The standard InChI is InChI=1S/C82H60N2/c1-57-51-71(43-49-79(57)83(81-33-15-13-31-77(81)73-37-35-61-23-9-11-25-65(61)55-73)75-45-39-63(40-46-75)69-29-17-27-67(53-69)59-19-5-3-6-20-59)72-44-50-80(58(2)52-72)84(82-34-16-14-32-78(82)74-38-36-62-24-10-12-26-66(62)56-74)76-47-41-64(42-48-76)70-30-18-28-68(54-70)60-21-7-4-8-22-60/h3-56H,1-2H3. The van der Waals surface area contributed by atoms with Gasteiger partial charge in [-0.2, -0.15) is 0 Å². The Morgan fingerprint density at radius 2 is 0.476 bits per heavy atom. The molecular weight excluding hydrogens is 1010 g/mol. The highest BCUT2D eigenvalue weighted by Gasteiger charge is 2.23. The van der Waals surface area contributed by atoms with E-state index in [1.807, 2.05) is 0 Å². The van der Waals surface area contributed by atoms with Crippen LogP contribution in [0.25, 0.3) is 99.4 Å². The number of anilines is 6. The first-order valence-corrected chi connectivity index (χ1v) is 29.0. The van der Waals surface area contributed by atoms with Crippen molar-refractivity contribution in [1.29, 1.82) is 0 Å². The molecule has 0 heterocycles. The van der Waals surface area contributed by atoms with Gasteiger partial charge in [-0.1, -0.05) is 243 Å². The van der Waals surface area contributed by atoms with Crippen molar-refractivity contribution in [2.75, 3.05) is 9.80 Å². The van der Waals surface area contributed by atoms with Crippen LogP contribution in [0.15, 0.2) is 328 Å². The monoisotopic (exact) mass is 1070 g/mol. The van der Waals surface area contributed by atoms with Crippen molar-refractivity contribution in [3.63, 3.8) is 0 Å². The number of para-hydroxylation sites is 2. The first kappa shape index (κ1) is 51.4. The molecule has 2 heteroatoms. The summed E-state index contributed by atoms with van der Waals surface area (Å²) in [6.45, 7) is 4.50. The largest absolute Gasteiger partial charge is 0.310 e. The lowest BCUT2D eigenvalue weighted by atomic mass is 9.95. The van der Waals surface area contributed by atoms with Gasteiger partial charge in [0.1, 0.15) is 0 Å². The van der Waals surface area contributed by atoms with Gasteiger partial charge in [0.25, 0.3) is 0 Å². The van der Waals surface area contributed by atoms with Crippen LogP contribution < -0.4 is 9.80 Å². The molecule has 0 N–H and O–H groups in total. The fourth-order valence-electron chi connectivity index (χ4n) is 12.2. The molecule has 14 rings (SSSR count). The van der Waals surface area contributed by atoms with Gasteiger partial charge in [-0.3, -0.25) is 0 Å². The third-order valence-corrected chi connectivity index (χ3v) is 16.5. The maximum atomic E-state index is 2.44. The van der Waals surface area contributed by atoms with Crippen LogP contribution in [0.5, 0.6) is 0 Å². The Hall–Kier alpha value is -10.8. The normalized spacial score (nSPS) is 11.2. The average Bonchev–Trinajstić information content (AvgIpc) is 3.73. The van der Waals surface area contributed by atoms with E-state index in [1.54, 1.807) is 0 Å². The van der Waals surface area contributed by atoms with Crippen molar-refractivity contribution >= 4 is 55.7 Å². The third-order valence-electron chi connectivity index (χ3n) is 16.5. The van der Waals surface area contributed by atoms with Gasteiger partial charge >= 0.3 is 0 Å². The Balaban J connectivity index is 0.845. The molecule has 0 fully saturated rings. The predicted octanol–water partition coefficient (Wildman–Crippen LogP) is 23.2. The maximum absolute atomic E-state index is 2.44. The maximum Gasteiger partial charge on any atom is 0.0540 e. The number of hydrogen-bond acceptors (Lipinski definition) is 2. The summed E-state index contributed by atoms with van der Waals surface area (Å²) in [6, 6.07) is 120. The van der Waals surface area contributed by atoms with Gasteiger partial charge in [0.15, 0.2) is 0 Å². The molecule has 0 saturated carbocycles. The number of nitrogens with zero attached hydrogens (tertiary/aromatic N) is 2. The van der Waals surface area contributed by atoms with Crippen molar-refractivity contribution in [1.82, 2.24) is 0 Å². The van der Waals surface area contributed by atoms with Gasteiger partial charge in [-0.15, -0.1) is 0 Å². The van der Waals surface area contributed by atoms with Crippen molar-refractivity contribution in [2.45, 2.75) is 13.8 Å². The molecule has 0 unspecified atom stereocenters. The topological polar surface area (TPSA) is 6.48 Å². The van der Waals surface area contributed by atoms with E-state index < -0.39 is 0 Å². The molecule has 398 valence electrons. The Bertz CT molecular complexity index is 4370. The lowest BCUT2D eigenvalue weighted by molar-refractivity contribution is 1.24. The van der Waals surface area contributed by atoms with Crippen LogP contribution >= 0.6 is 0 Å². The van der Waals surface area contributed by atoms with E-state index in [1.165, 1.54) is 88.3 Å². The molecule has 0 spiro atoms. The van der Waals surface area contributed by atoms with Crippen molar-refractivity contribution < 1.29 is 0 Å². The van der Waals surface area contributed by atoms with E-state index in [0.29, 0.717) is 0 Å². The molecule has 0 aliphatic carbocycles. The van der Waals surface area contributed by atoms with Crippen molar-refractivity contribution in [2.24, 2.45) is 0 Å². The zero-order valence-corrected chi connectivity index (χ0v) is 47.1. The molecule has 2 nitrogen and oxygen atoms in total. The second-order valence-corrected chi connectivity index (χ2v) is 21.8. The van der Waals surface area contributed by atoms with E-state index in [-0.39, 0.29) is 0 Å². The minimum atomic E-state index is 1.08. The van der Waals surface area contributed by atoms with Crippen molar-refractivity contribution in [3.8, 4) is 77.9 Å². The van der Waals surface area contributed by atoms with Gasteiger partial charge < -0.3 is 9.80 Å². The number of hydrogen-bond donors (Lipinski definition) is 0. The Kier molecular flexibility index (Phi) is 13.8. The van der Waals surface area contributed by atoms with E-state index in [9.17, 15) is 0 Å². The fraction of sp³-hybridized carbons (Fsp3) is 0.0244. The minimum Gasteiger partial charge on any atom is -0.310 e. The summed E-state index contributed by atoms with van der Waals surface area (Å²) in [6.07, 6.45) is 0. The number of benzene rings is 14. The summed E-state index contributed by atoms with van der Waals surface area (Å²) in [5.41, 5.74) is 25.5. The van der Waals surface area contributed by atoms with E-state index >= 15 is 0 Å². The van der Waals surface area contributed by atoms with Crippen LogP contribution in [0, 0.1) is 13.8 Å². The van der Waals surface area contributed by atoms with Gasteiger partial charge in [-0.25, -0.2) is 0 Å². The van der Waals surface area contributed by atoms with Crippen LogP contribution in [0.4, 0.5) is 34.1 Å². The van der Waals surface area contributed by atoms with Crippen LogP contribution in [0.3, 0.4) is 0 Å². The SMILES string of the molecule is Cc1cc(-c2ccc(N(c3ccc(-c4cccc(-c5ccccc5)c4)cc3)c3ccccc3-c3ccc4ccccc4c3)c(C)c2)ccc1N(c1ccc(-c2cccc(-c3ccccc3)c2)cc1)c1ccccc1-c1ccc2ccccc2c1. The van der Waals surface area contributed by atoms with Crippen LogP contribution in [0.2, 0.25) is 0 Å². The van der Waals surface area contributed by atoms with Crippen molar-refractivity contribution in [3.05, 3.63) is 339 Å². The molecular formula is C82H60N2. The predicted molar refractivity (Wildman–Crippen MR) is 358 cm³/mol. The van der Waals surface area contributed by atoms with E-state index in [0.717, 1.165) is 56.4 Å². The zero-order valence-electron chi connectivity index (χ0n) is 47.1. The average molecular weight is 1070 g/mol. The van der Waals surface area contributed by atoms with Crippen LogP contribution in [0.1, 0.15) is 11.1 Å². The molecule has 0 radical (unpaired) electrons. The Morgan fingerprint density at radius 3 is 0.869 bits per heavy atom. The van der Waals surface area contributed by atoms with E-state index in [2.05, 4.69) is 351 Å². The number of fused-ring (bicyclic) bond motifs is 2. The van der Waals surface area contributed by atoms with Gasteiger partial charge in [0.05, 0.1) is 11.4 Å². The smallest absolute Gasteiger partial charge is 0.0540 e. The zero-order chi connectivity index (χ0) is 56.3. The number of rotatable bonds is 13. The lowest BCUT2D eigenvalue weighted by Crippen LogP contribution is -2.13. The first-order chi connectivity index (χ1) is 41.5. The Labute approximate surface area is 493 Å². The summed E-state index contributed by atoms with van der Waals surface area (Å²) in [4.78, 5) is 4.89. The molecule has 0 aliphatic heterocycles. The Morgan fingerprint density at radius 1 is 0.179 bits per heavy atom. The minimum absolute atomic E-state index is 1.08. The molecule has 0 atom stereocenters. The molecule has 0 bridgehead atoms. The second-order valence-electron chi connectivity index (χ2n) is 21.8. The third kappa shape index (κ3) is 10.2. The highest BCUT2D eigenvalue weighted by molar-refractivity contribution is 5.96. The molecule has 14 aromatic rings. The highest BCUT2D eigenvalue weighted by atomic mass is 15.2. The molecule has 14 aromatic carbocycles.